The Morgan fingerprint density at radius 1 is 1.23 bits per heavy atom. The van der Waals surface area contributed by atoms with Crippen LogP contribution in [0.3, 0.4) is 0 Å². The van der Waals surface area contributed by atoms with Gasteiger partial charge in [-0.05, 0) is 72.5 Å². The summed E-state index contributed by atoms with van der Waals surface area (Å²) in [6.07, 6.45) is 4.69. The highest BCUT2D eigenvalue weighted by molar-refractivity contribution is 5.68. The molecule has 0 radical (unpaired) electrons. The molecule has 2 atom stereocenters. The molecule has 0 aromatic rings. The topological polar surface area (TPSA) is 44.8 Å². The van der Waals surface area contributed by atoms with Crippen LogP contribution >= 0.6 is 0 Å². The van der Waals surface area contributed by atoms with Gasteiger partial charge in [0, 0.05) is 25.7 Å². The van der Waals surface area contributed by atoms with Crippen molar-refractivity contribution in [3.8, 4) is 0 Å². The van der Waals surface area contributed by atoms with Gasteiger partial charge in [-0.3, -0.25) is 0 Å². The second-order valence-corrected chi connectivity index (χ2v) is 7.93. The van der Waals surface area contributed by atoms with E-state index in [0.717, 1.165) is 39.0 Å². The Morgan fingerprint density at radius 2 is 2.00 bits per heavy atom. The van der Waals surface area contributed by atoms with Crippen LogP contribution in [-0.4, -0.2) is 67.3 Å². The Hall–Kier alpha value is -0.810. The zero-order valence-electron chi connectivity index (χ0n) is 14.7. The Morgan fingerprint density at radius 3 is 2.68 bits per heavy atom. The molecule has 0 spiro atoms. The molecule has 2 aliphatic heterocycles. The number of nitrogens with one attached hydrogen (secondary N) is 1. The van der Waals surface area contributed by atoms with Crippen molar-refractivity contribution >= 4 is 6.09 Å². The van der Waals surface area contributed by atoms with Gasteiger partial charge in [0.25, 0.3) is 0 Å². The number of carbonyl (C=O) groups is 1. The summed E-state index contributed by atoms with van der Waals surface area (Å²) in [5, 5.41) is 3.68. The molecule has 5 nitrogen and oxygen atoms in total. The van der Waals surface area contributed by atoms with Crippen molar-refractivity contribution in [3.05, 3.63) is 0 Å². The van der Waals surface area contributed by atoms with Gasteiger partial charge in [0.15, 0.2) is 0 Å². The monoisotopic (exact) mass is 311 g/mol. The molecule has 2 saturated heterocycles. The van der Waals surface area contributed by atoms with Crippen LogP contribution in [0.1, 0.15) is 46.5 Å². The Labute approximate surface area is 135 Å². The van der Waals surface area contributed by atoms with Gasteiger partial charge in [-0.25, -0.2) is 4.79 Å². The first-order valence-electron chi connectivity index (χ1n) is 8.73. The fourth-order valence-corrected chi connectivity index (χ4v) is 3.39. The zero-order valence-corrected chi connectivity index (χ0v) is 14.7. The van der Waals surface area contributed by atoms with Gasteiger partial charge in [-0.1, -0.05) is 0 Å². The minimum absolute atomic E-state index is 0.156. The minimum atomic E-state index is -0.399. The standard InChI is InChI=1S/C17H33N3O2/c1-17(2,3)22-16(21)20-11-8-14(12-20)7-9-18-15-6-5-10-19(4)13-15/h14-15,18H,5-13H2,1-4H3. The highest BCUT2D eigenvalue weighted by Gasteiger charge is 2.29. The van der Waals surface area contributed by atoms with Crippen LogP contribution in [-0.2, 0) is 4.74 Å². The van der Waals surface area contributed by atoms with E-state index in [0.29, 0.717) is 12.0 Å². The van der Waals surface area contributed by atoms with Gasteiger partial charge >= 0.3 is 6.09 Å². The number of rotatable bonds is 4. The van der Waals surface area contributed by atoms with Gasteiger partial charge in [0.05, 0.1) is 0 Å². The van der Waals surface area contributed by atoms with Crippen molar-refractivity contribution in [3.63, 3.8) is 0 Å². The van der Waals surface area contributed by atoms with Gasteiger partial charge < -0.3 is 19.9 Å². The molecule has 5 heteroatoms. The van der Waals surface area contributed by atoms with E-state index in [1.807, 2.05) is 25.7 Å². The van der Waals surface area contributed by atoms with Crippen molar-refractivity contribution in [2.45, 2.75) is 58.1 Å². The summed E-state index contributed by atoms with van der Waals surface area (Å²) in [4.78, 5) is 16.3. The molecule has 0 aromatic heterocycles. The van der Waals surface area contributed by atoms with E-state index in [-0.39, 0.29) is 6.09 Å². The summed E-state index contributed by atoms with van der Waals surface area (Å²) in [7, 11) is 2.20. The number of likely N-dealkylation sites (N-methyl/N-ethyl adjacent to an activating group) is 1. The third-order valence-electron chi connectivity index (χ3n) is 4.55. The highest BCUT2D eigenvalue weighted by atomic mass is 16.6. The van der Waals surface area contributed by atoms with Gasteiger partial charge in [-0.15, -0.1) is 0 Å². The molecule has 0 aromatic carbocycles. The number of likely N-dealkylation sites (tertiary alicyclic amines) is 2. The summed E-state index contributed by atoms with van der Waals surface area (Å²) in [6, 6.07) is 0.641. The molecule has 2 heterocycles. The number of hydrogen-bond acceptors (Lipinski definition) is 4. The van der Waals surface area contributed by atoms with Crippen LogP contribution < -0.4 is 5.32 Å². The lowest BCUT2D eigenvalue weighted by Crippen LogP contribution is -2.44. The van der Waals surface area contributed by atoms with E-state index in [2.05, 4.69) is 17.3 Å². The molecule has 1 amide bonds. The van der Waals surface area contributed by atoms with Crippen molar-refractivity contribution < 1.29 is 9.53 Å². The summed E-state index contributed by atoms with van der Waals surface area (Å²) in [5.41, 5.74) is -0.399. The molecule has 2 fully saturated rings. The maximum atomic E-state index is 12.0. The number of ether oxygens (including phenoxy) is 1. The summed E-state index contributed by atoms with van der Waals surface area (Å²) in [6.45, 7) is 10.9. The first-order chi connectivity index (χ1) is 10.3. The molecule has 128 valence electrons. The predicted molar refractivity (Wildman–Crippen MR) is 89.1 cm³/mol. The summed E-state index contributed by atoms with van der Waals surface area (Å²) < 4.78 is 5.45. The van der Waals surface area contributed by atoms with Crippen LogP contribution in [0.15, 0.2) is 0 Å². The van der Waals surface area contributed by atoms with Crippen LogP contribution in [0.5, 0.6) is 0 Å². The average molecular weight is 311 g/mol. The first kappa shape index (κ1) is 17.5. The third-order valence-corrected chi connectivity index (χ3v) is 4.55. The van der Waals surface area contributed by atoms with E-state index in [4.69, 9.17) is 4.74 Å². The van der Waals surface area contributed by atoms with Crippen molar-refractivity contribution in [2.75, 3.05) is 39.8 Å². The first-order valence-corrected chi connectivity index (χ1v) is 8.73. The Balaban J connectivity index is 1.63. The molecule has 1 N–H and O–H groups in total. The maximum absolute atomic E-state index is 12.0. The second kappa shape index (κ2) is 7.64. The Kier molecular flexibility index (Phi) is 6.09. The van der Waals surface area contributed by atoms with E-state index in [1.165, 1.54) is 19.4 Å². The molecule has 2 rings (SSSR count). The van der Waals surface area contributed by atoms with Crippen molar-refractivity contribution in [1.82, 2.24) is 15.1 Å². The minimum Gasteiger partial charge on any atom is -0.444 e. The normalized spacial score (nSPS) is 27.2. The molecular formula is C17H33N3O2. The van der Waals surface area contributed by atoms with Crippen molar-refractivity contribution in [2.24, 2.45) is 5.92 Å². The van der Waals surface area contributed by atoms with E-state index in [9.17, 15) is 4.79 Å². The number of piperidine rings is 1. The maximum Gasteiger partial charge on any atom is 0.410 e. The largest absolute Gasteiger partial charge is 0.444 e. The zero-order chi connectivity index (χ0) is 16.2. The number of amides is 1. The van der Waals surface area contributed by atoms with Crippen molar-refractivity contribution in [1.29, 1.82) is 0 Å². The molecule has 2 aliphatic rings. The highest BCUT2D eigenvalue weighted by Crippen LogP contribution is 2.21. The number of carbonyl (C=O) groups excluding carboxylic acids is 1. The van der Waals surface area contributed by atoms with Gasteiger partial charge in [0.2, 0.25) is 0 Å². The SMILES string of the molecule is CN1CCCC(NCCC2CCN(C(=O)OC(C)(C)C)C2)C1. The lowest BCUT2D eigenvalue weighted by molar-refractivity contribution is 0.0287. The molecular weight excluding hydrogens is 278 g/mol. The van der Waals surface area contributed by atoms with Crippen LogP contribution in [0, 0.1) is 5.92 Å². The smallest absolute Gasteiger partial charge is 0.410 e. The van der Waals surface area contributed by atoms with Crippen LogP contribution in [0.25, 0.3) is 0 Å². The molecule has 22 heavy (non-hydrogen) atoms. The average Bonchev–Trinajstić information content (AvgIpc) is 2.86. The quantitative estimate of drug-likeness (QED) is 0.865. The molecule has 0 saturated carbocycles. The van der Waals surface area contributed by atoms with E-state index >= 15 is 0 Å². The summed E-state index contributed by atoms with van der Waals surface area (Å²) in [5.74, 6) is 0.612. The lowest BCUT2D eigenvalue weighted by atomic mass is 10.0. The molecule has 0 aliphatic carbocycles. The van der Waals surface area contributed by atoms with E-state index < -0.39 is 5.60 Å². The van der Waals surface area contributed by atoms with Crippen LogP contribution in [0.2, 0.25) is 0 Å². The third kappa shape index (κ3) is 5.76. The lowest BCUT2D eigenvalue weighted by Gasteiger charge is -2.30. The van der Waals surface area contributed by atoms with Crippen LogP contribution in [0.4, 0.5) is 4.79 Å². The number of hydrogen-bond donors (Lipinski definition) is 1. The fraction of sp³-hybridized carbons (Fsp3) is 0.941. The predicted octanol–water partition coefficient (Wildman–Crippen LogP) is 2.32. The fourth-order valence-electron chi connectivity index (χ4n) is 3.39. The second-order valence-electron chi connectivity index (χ2n) is 7.93. The van der Waals surface area contributed by atoms with Gasteiger partial charge in [0.1, 0.15) is 5.60 Å². The van der Waals surface area contributed by atoms with E-state index in [1.54, 1.807) is 0 Å². The Bertz CT molecular complexity index is 367. The summed E-state index contributed by atoms with van der Waals surface area (Å²) >= 11 is 0. The van der Waals surface area contributed by atoms with Gasteiger partial charge in [-0.2, -0.15) is 0 Å². The number of nitrogens with zero attached hydrogens (tertiary/aromatic N) is 2. The molecule has 2 unspecified atom stereocenters. The molecule has 0 bridgehead atoms.